The minimum Gasteiger partial charge on any atom is -0.453 e. The number of benzene rings is 8. The normalized spacial score (nSPS) is 14.7. The summed E-state index contributed by atoms with van der Waals surface area (Å²) in [5.74, 6) is 1.69. The second kappa shape index (κ2) is 12.3. The maximum Gasteiger partial charge on any atom is 0.153 e. The van der Waals surface area contributed by atoms with Crippen molar-refractivity contribution < 1.29 is 4.74 Å². The Morgan fingerprint density at radius 2 is 1.02 bits per heavy atom. The number of hydrogen-bond acceptors (Lipinski definition) is 3. The molecule has 0 spiro atoms. The highest BCUT2D eigenvalue weighted by molar-refractivity contribution is 5.99. The molecule has 0 radical (unpaired) electrons. The third kappa shape index (κ3) is 4.91. The van der Waals surface area contributed by atoms with Gasteiger partial charge in [-0.05, 0) is 92.5 Å². The Morgan fingerprint density at radius 3 is 1.81 bits per heavy atom. The van der Waals surface area contributed by atoms with E-state index in [1.54, 1.807) is 0 Å². The summed E-state index contributed by atoms with van der Waals surface area (Å²) in [7, 11) is 0. The van der Waals surface area contributed by atoms with Gasteiger partial charge < -0.3 is 14.5 Å². The number of hydrogen-bond donors (Lipinski definition) is 0. The first-order chi connectivity index (χ1) is 27.8. The number of para-hydroxylation sites is 3. The number of nitrogens with zero attached hydrogens (tertiary/aromatic N) is 2. The monoisotopic (exact) mass is 734 g/mol. The lowest BCUT2D eigenvalue weighted by Crippen LogP contribution is -2.33. The largest absolute Gasteiger partial charge is 0.453 e. The van der Waals surface area contributed by atoms with Crippen molar-refractivity contribution in [3.8, 4) is 44.9 Å². The van der Waals surface area contributed by atoms with Crippen molar-refractivity contribution >= 4 is 34.1 Å². The molecule has 57 heavy (non-hydrogen) atoms. The van der Waals surface area contributed by atoms with Crippen molar-refractivity contribution in [1.82, 2.24) is 0 Å². The van der Waals surface area contributed by atoms with Gasteiger partial charge in [-0.3, -0.25) is 0 Å². The van der Waals surface area contributed by atoms with Crippen molar-refractivity contribution in [2.24, 2.45) is 0 Å². The molecule has 8 aromatic rings. The minimum absolute atomic E-state index is 0.152. The van der Waals surface area contributed by atoms with Crippen LogP contribution in [0.2, 0.25) is 0 Å². The molecule has 0 amide bonds. The van der Waals surface area contributed by atoms with Gasteiger partial charge >= 0.3 is 0 Å². The van der Waals surface area contributed by atoms with Gasteiger partial charge in [0.1, 0.15) is 0 Å². The van der Waals surface area contributed by atoms with Gasteiger partial charge in [0, 0.05) is 28.1 Å². The van der Waals surface area contributed by atoms with Gasteiger partial charge in [0.05, 0.1) is 28.4 Å². The summed E-state index contributed by atoms with van der Waals surface area (Å²) in [4.78, 5) is 4.90. The third-order valence-electron chi connectivity index (χ3n) is 12.6. The van der Waals surface area contributed by atoms with Crippen molar-refractivity contribution in [2.75, 3.05) is 9.80 Å². The second-order valence-electron chi connectivity index (χ2n) is 16.6. The first kappa shape index (κ1) is 33.5. The van der Waals surface area contributed by atoms with E-state index >= 15 is 0 Å². The molecule has 8 aromatic carbocycles. The molecule has 0 fully saturated rings. The van der Waals surface area contributed by atoms with Gasteiger partial charge in [-0.1, -0.05) is 161 Å². The zero-order chi connectivity index (χ0) is 38.5. The summed E-state index contributed by atoms with van der Waals surface area (Å²) < 4.78 is 7.01. The fourth-order valence-corrected chi connectivity index (χ4v) is 9.89. The minimum atomic E-state index is -0.389. The number of fused-ring (bicyclic) bond motifs is 7. The van der Waals surface area contributed by atoms with Crippen LogP contribution in [0.4, 0.5) is 34.1 Å². The summed E-state index contributed by atoms with van der Waals surface area (Å²) in [6.07, 6.45) is 0. The SMILES string of the molecule is CC1(C)c2ccccc2-c2ccc(N(c3cc4c5c(c3)C(C)(C)c3c(-c6ccccc6)cccc3N5c3ccccc3O4)c3ccccc3-c3ccccc3)cc21. The highest BCUT2D eigenvalue weighted by Gasteiger charge is 2.44. The molecule has 0 saturated heterocycles. The average Bonchev–Trinajstić information content (AvgIpc) is 3.48. The van der Waals surface area contributed by atoms with Crippen molar-refractivity contribution in [1.29, 1.82) is 0 Å². The Morgan fingerprint density at radius 1 is 0.421 bits per heavy atom. The van der Waals surface area contributed by atoms with Gasteiger partial charge in [-0.15, -0.1) is 0 Å². The van der Waals surface area contributed by atoms with Crippen molar-refractivity contribution in [3.05, 3.63) is 204 Å². The first-order valence-electron chi connectivity index (χ1n) is 19.9. The van der Waals surface area contributed by atoms with Crippen LogP contribution in [0, 0.1) is 0 Å². The summed E-state index contributed by atoms with van der Waals surface area (Å²) in [6, 6.07) is 66.2. The topological polar surface area (TPSA) is 15.7 Å². The first-order valence-corrected chi connectivity index (χ1v) is 19.9. The molecule has 3 nitrogen and oxygen atoms in total. The fraction of sp³-hybridized carbons (Fsp3) is 0.111. The van der Waals surface area contributed by atoms with E-state index in [1.807, 2.05) is 0 Å². The highest BCUT2D eigenvalue weighted by atomic mass is 16.5. The van der Waals surface area contributed by atoms with Crippen LogP contribution in [0.15, 0.2) is 182 Å². The van der Waals surface area contributed by atoms with E-state index in [-0.39, 0.29) is 10.8 Å². The van der Waals surface area contributed by atoms with Crippen LogP contribution in [0.3, 0.4) is 0 Å². The molecule has 2 aliphatic heterocycles. The Kier molecular flexibility index (Phi) is 7.25. The number of ether oxygens (including phenoxy) is 1. The van der Waals surface area contributed by atoms with Gasteiger partial charge in [-0.2, -0.15) is 0 Å². The molecule has 0 saturated carbocycles. The molecule has 0 N–H and O–H groups in total. The molecular formula is C54H42N2O. The zero-order valence-electron chi connectivity index (χ0n) is 32.6. The molecule has 0 bridgehead atoms. The molecule has 0 unspecified atom stereocenters. The Hall–Kier alpha value is -6.84. The highest BCUT2D eigenvalue weighted by Crippen LogP contribution is 2.63. The zero-order valence-corrected chi connectivity index (χ0v) is 32.6. The molecule has 0 aromatic heterocycles. The van der Waals surface area contributed by atoms with Gasteiger partial charge in [0.15, 0.2) is 11.5 Å². The van der Waals surface area contributed by atoms with Crippen LogP contribution in [-0.2, 0) is 10.8 Å². The Balaban J connectivity index is 1.19. The summed E-state index contributed by atoms with van der Waals surface area (Å²) >= 11 is 0. The molecule has 274 valence electrons. The van der Waals surface area contributed by atoms with Crippen LogP contribution in [0.1, 0.15) is 49.9 Å². The van der Waals surface area contributed by atoms with Crippen LogP contribution in [-0.4, -0.2) is 0 Å². The molecule has 3 aliphatic rings. The molecule has 1 aliphatic carbocycles. The second-order valence-corrected chi connectivity index (χ2v) is 16.6. The summed E-state index contributed by atoms with van der Waals surface area (Å²) in [6.45, 7) is 9.48. The average molecular weight is 735 g/mol. The number of rotatable bonds is 5. The van der Waals surface area contributed by atoms with Gasteiger partial charge in [0.2, 0.25) is 0 Å². The predicted octanol–water partition coefficient (Wildman–Crippen LogP) is 15.0. The van der Waals surface area contributed by atoms with Crippen LogP contribution < -0.4 is 14.5 Å². The predicted molar refractivity (Wildman–Crippen MR) is 236 cm³/mol. The van der Waals surface area contributed by atoms with E-state index in [9.17, 15) is 0 Å². The summed E-state index contributed by atoms with van der Waals surface area (Å²) in [5.41, 5.74) is 18.7. The standard InChI is InChI=1S/C54H42N2O/c1-53(2)43-25-13-11-23-41(43)42-31-30-37(32-44(42)53)55(46-26-14-12-22-39(46)35-18-7-5-8-19-35)38-33-45-52-50(34-38)57-49-29-16-15-27-47(49)56(52)48-28-17-24-40(51(48)54(45,3)4)36-20-9-6-10-21-36/h5-34H,1-4H3. The molecular weight excluding hydrogens is 693 g/mol. The van der Waals surface area contributed by atoms with Gasteiger partial charge in [-0.25, -0.2) is 0 Å². The maximum atomic E-state index is 7.01. The quantitative estimate of drug-likeness (QED) is 0.175. The number of anilines is 6. The van der Waals surface area contributed by atoms with Crippen molar-refractivity contribution in [3.63, 3.8) is 0 Å². The van der Waals surface area contributed by atoms with E-state index in [0.29, 0.717) is 0 Å². The smallest absolute Gasteiger partial charge is 0.153 e. The maximum absolute atomic E-state index is 7.01. The lowest BCUT2D eigenvalue weighted by atomic mass is 9.70. The lowest BCUT2D eigenvalue weighted by molar-refractivity contribution is 0.471. The van der Waals surface area contributed by atoms with E-state index in [4.69, 9.17) is 4.74 Å². The van der Waals surface area contributed by atoms with E-state index in [2.05, 4.69) is 219 Å². The van der Waals surface area contributed by atoms with Crippen LogP contribution in [0.25, 0.3) is 33.4 Å². The molecule has 0 atom stereocenters. The Bertz CT molecular complexity index is 2890. The van der Waals surface area contributed by atoms with Crippen LogP contribution in [0.5, 0.6) is 11.5 Å². The summed E-state index contributed by atoms with van der Waals surface area (Å²) in [5, 5.41) is 0. The lowest BCUT2D eigenvalue weighted by Gasteiger charge is -2.46. The van der Waals surface area contributed by atoms with E-state index in [0.717, 1.165) is 45.5 Å². The molecule has 11 rings (SSSR count). The van der Waals surface area contributed by atoms with E-state index in [1.165, 1.54) is 55.8 Å². The molecule has 3 heteroatoms. The fourth-order valence-electron chi connectivity index (χ4n) is 9.89. The van der Waals surface area contributed by atoms with Crippen LogP contribution >= 0.6 is 0 Å². The van der Waals surface area contributed by atoms with Gasteiger partial charge in [0.25, 0.3) is 0 Å². The Labute approximate surface area is 335 Å². The van der Waals surface area contributed by atoms with E-state index < -0.39 is 0 Å². The third-order valence-corrected chi connectivity index (χ3v) is 12.6. The van der Waals surface area contributed by atoms with Crippen molar-refractivity contribution in [2.45, 2.75) is 38.5 Å². The molecule has 2 heterocycles.